The molecular formula is C23H31FIN3O2S. The predicted molar refractivity (Wildman–Crippen MR) is 135 cm³/mol. The monoisotopic (exact) mass is 559 g/mol. The number of guanidine groups is 1. The summed E-state index contributed by atoms with van der Waals surface area (Å²) in [6.07, 6.45) is 2.20. The summed E-state index contributed by atoms with van der Waals surface area (Å²) in [4.78, 5) is 4.26. The van der Waals surface area contributed by atoms with Crippen molar-refractivity contribution in [1.29, 1.82) is 0 Å². The number of sulfone groups is 1. The molecule has 0 amide bonds. The van der Waals surface area contributed by atoms with Crippen molar-refractivity contribution < 1.29 is 12.8 Å². The van der Waals surface area contributed by atoms with Gasteiger partial charge in [-0.1, -0.05) is 44.2 Å². The van der Waals surface area contributed by atoms with Crippen molar-refractivity contribution >= 4 is 39.8 Å². The van der Waals surface area contributed by atoms with Crippen molar-refractivity contribution in [3.05, 3.63) is 70.5 Å². The van der Waals surface area contributed by atoms with Gasteiger partial charge in [-0.3, -0.25) is 4.99 Å². The number of hydrogen-bond acceptors (Lipinski definition) is 3. The van der Waals surface area contributed by atoms with Crippen molar-refractivity contribution in [3.63, 3.8) is 0 Å². The minimum atomic E-state index is -3.21. The minimum absolute atomic E-state index is 0. The summed E-state index contributed by atoms with van der Waals surface area (Å²) in [7, 11) is -1.52. The molecule has 2 atom stereocenters. The van der Waals surface area contributed by atoms with Gasteiger partial charge in [0, 0.05) is 31.8 Å². The molecule has 5 nitrogen and oxygen atoms in total. The Hall–Kier alpha value is -1.68. The normalized spacial score (nSPS) is 18.5. The van der Waals surface area contributed by atoms with Gasteiger partial charge in [-0.15, -0.1) is 24.0 Å². The summed E-state index contributed by atoms with van der Waals surface area (Å²) in [5.74, 6) is 1.08. The summed E-state index contributed by atoms with van der Waals surface area (Å²) in [6, 6.07) is 13.3. The Balaban J connectivity index is 0.00000341. The lowest BCUT2D eigenvalue weighted by atomic mass is 10.0. The highest BCUT2D eigenvalue weighted by Crippen LogP contribution is 2.41. The first-order valence-corrected chi connectivity index (χ1v) is 12.2. The third-order valence-electron chi connectivity index (χ3n) is 5.40. The number of rotatable bonds is 7. The maximum atomic E-state index is 13.7. The number of halogens is 2. The van der Waals surface area contributed by atoms with Crippen LogP contribution < -0.4 is 10.6 Å². The fraction of sp³-hybridized carbons (Fsp3) is 0.435. The first-order valence-electron chi connectivity index (χ1n) is 10.2. The van der Waals surface area contributed by atoms with E-state index in [-0.39, 0.29) is 35.5 Å². The SMILES string of the molecule is CN=C(NCc1cc(F)ccc1CS(C)(=O)=O)NC1CC1c1ccc(C(C)C)cc1.I. The van der Waals surface area contributed by atoms with Crippen LogP contribution in [0.4, 0.5) is 4.39 Å². The van der Waals surface area contributed by atoms with Crippen LogP contribution in [-0.2, 0) is 22.1 Å². The average molecular weight is 559 g/mol. The van der Waals surface area contributed by atoms with Crippen LogP contribution in [0.5, 0.6) is 0 Å². The number of hydrogen-bond donors (Lipinski definition) is 2. The highest BCUT2D eigenvalue weighted by Gasteiger charge is 2.39. The lowest BCUT2D eigenvalue weighted by Gasteiger charge is -2.14. The van der Waals surface area contributed by atoms with Gasteiger partial charge in [0.05, 0.1) is 5.75 Å². The molecule has 0 radical (unpaired) electrons. The van der Waals surface area contributed by atoms with Gasteiger partial charge in [-0.25, -0.2) is 12.8 Å². The highest BCUT2D eigenvalue weighted by atomic mass is 127. The van der Waals surface area contributed by atoms with E-state index in [1.54, 1.807) is 7.05 Å². The third-order valence-corrected chi connectivity index (χ3v) is 6.24. The standard InChI is InChI=1S/C23H30FN3O2S.HI/c1-15(2)16-5-7-17(8-6-16)21-12-22(21)27-23(25-3)26-13-19-11-20(24)10-9-18(19)14-30(4,28)29;/h5-11,15,21-22H,12-14H2,1-4H3,(H2,25,26,27);1H. The fourth-order valence-electron chi connectivity index (χ4n) is 3.58. The van der Waals surface area contributed by atoms with Gasteiger partial charge in [0.15, 0.2) is 15.8 Å². The Kier molecular flexibility index (Phi) is 8.88. The maximum Gasteiger partial charge on any atom is 0.191 e. The molecule has 2 N–H and O–H groups in total. The fourth-order valence-corrected chi connectivity index (χ4v) is 4.43. The molecule has 0 spiro atoms. The van der Waals surface area contributed by atoms with Crippen LogP contribution in [-0.4, -0.2) is 33.7 Å². The van der Waals surface area contributed by atoms with Crippen LogP contribution >= 0.6 is 24.0 Å². The summed E-state index contributed by atoms with van der Waals surface area (Å²) in [5.41, 5.74) is 3.85. The van der Waals surface area contributed by atoms with E-state index in [2.05, 4.69) is 53.7 Å². The second kappa shape index (κ2) is 10.8. The Morgan fingerprint density at radius 2 is 1.84 bits per heavy atom. The molecule has 0 aliphatic heterocycles. The molecule has 0 heterocycles. The van der Waals surface area contributed by atoms with Crippen LogP contribution in [0.3, 0.4) is 0 Å². The maximum absolute atomic E-state index is 13.7. The van der Waals surface area contributed by atoms with Crippen molar-refractivity contribution in [3.8, 4) is 0 Å². The molecular weight excluding hydrogens is 528 g/mol. The molecule has 0 saturated heterocycles. The molecule has 1 aliphatic carbocycles. The smallest absolute Gasteiger partial charge is 0.191 e. The molecule has 2 aromatic carbocycles. The molecule has 1 saturated carbocycles. The van der Waals surface area contributed by atoms with Crippen molar-refractivity contribution in [2.45, 2.75) is 50.4 Å². The molecule has 3 rings (SSSR count). The zero-order chi connectivity index (χ0) is 21.9. The molecule has 1 aliphatic rings. The van der Waals surface area contributed by atoms with Crippen LogP contribution in [0.1, 0.15) is 54.4 Å². The van der Waals surface area contributed by atoms with Crippen molar-refractivity contribution in [1.82, 2.24) is 10.6 Å². The average Bonchev–Trinajstić information content (AvgIpc) is 3.45. The van der Waals surface area contributed by atoms with Gasteiger partial charge in [-0.05, 0) is 46.7 Å². The van der Waals surface area contributed by atoms with E-state index in [0.29, 0.717) is 41.5 Å². The van der Waals surface area contributed by atoms with E-state index >= 15 is 0 Å². The number of nitrogens with zero attached hydrogens (tertiary/aromatic N) is 1. The Morgan fingerprint density at radius 3 is 2.42 bits per heavy atom. The van der Waals surface area contributed by atoms with Gasteiger partial charge < -0.3 is 10.6 Å². The molecule has 31 heavy (non-hydrogen) atoms. The first kappa shape index (κ1) is 25.6. The Bertz CT molecular complexity index is 1020. The largest absolute Gasteiger partial charge is 0.353 e. The Labute approximate surface area is 201 Å². The van der Waals surface area contributed by atoms with E-state index in [1.165, 1.54) is 35.6 Å². The second-order valence-electron chi connectivity index (χ2n) is 8.32. The van der Waals surface area contributed by atoms with Crippen molar-refractivity contribution in [2.24, 2.45) is 4.99 Å². The van der Waals surface area contributed by atoms with Gasteiger partial charge in [0.25, 0.3) is 0 Å². The highest BCUT2D eigenvalue weighted by molar-refractivity contribution is 14.0. The number of aliphatic imine (C=N–C) groups is 1. The van der Waals surface area contributed by atoms with Crippen molar-refractivity contribution in [2.75, 3.05) is 13.3 Å². The topological polar surface area (TPSA) is 70.6 Å². The van der Waals surface area contributed by atoms with Crippen LogP contribution in [0.25, 0.3) is 0 Å². The summed E-state index contributed by atoms with van der Waals surface area (Å²) in [6.45, 7) is 4.67. The molecule has 8 heteroatoms. The summed E-state index contributed by atoms with van der Waals surface area (Å²) >= 11 is 0. The van der Waals surface area contributed by atoms with E-state index in [1.807, 2.05) is 0 Å². The predicted octanol–water partition coefficient (Wildman–Crippen LogP) is 4.33. The number of nitrogens with one attached hydrogen (secondary N) is 2. The lowest BCUT2D eigenvalue weighted by Crippen LogP contribution is -2.38. The van der Waals surface area contributed by atoms with Gasteiger partial charge in [0.2, 0.25) is 0 Å². The zero-order valence-corrected chi connectivity index (χ0v) is 21.5. The molecule has 1 fully saturated rings. The van der Waals surface area contributed by atoms with Gasteiger partial charge in [0.1, 0.15) is 5.82 Å². The summed E-state index contributed by atoms with van der Waals surface area (Å²) in [5, 5.41) is 6.59. The number of benzene rings is 2. The van der Waals surface area contributed by atoms with Gasteiger partial charge in [-0.2, -0.15) is 0 Å². The van der Waals surface area contributed by atoms with Crippen LogP contribution in [0.15, 0.2) is 47.5 Å². The molecule has 2 unspecified atom stereocenters. The molecule has 170 valence electrons. The van der Waals surface area contributed by atoms with E-state index in [4.69, 9.17) is 0 Å². The second-order valence-corrected chi connectivity index (χ2v) is 10.5. The van der Waals surface area contributed by atoms with E-state index in [9.17, 15) is 12.8 Å². The zero-order valence-electron chi connectivity index (χ0n) is 18.4. The van der Waals surface area contributed by atoms with E-state index in [0.717, 1.165) is 6.42 Å². The molecule has 0 aromatic heterocycles. The molecule has 2 aromatic rings. The Morgan fingerprint density at radius 1 is 1.16 bits per heavy atom. The van der Waals surface area contributed by atoms with Gasteiger partial charge >= 0.3 is 0 Å². The third kappa shape index (κ3) is 7.45. The van der Waals surface area contributed by atoms with Crippen LogP contribution in [0.2, 0.25) is 0 Å². The quantitative estimate of drug-likeness (QED) is 0.301. The minimum Gasteiger partial charge on any atom is -0.353 e. The molecule has 0 bridgehead atoms. The summed E-state index contributed by atoms with van der Waals surface area (Å²) < 4.78 is 37.0. The first-order chi connectivity index (χ1) is 14.2. The van der Waals surface area contributed by atoms with Crippen LogP contribution in [0, 0.1) is 5.82 Å². The van der Waals surface area contributed by atoms with E-state index < -0.39 is 9.84 Å². The lowest BCUT2D eigenvalue weighted by molar-refractivity contribution is 0.599.